The van der Waals surface area contributed by atoms with Gasteiger partial charge in [0.05, 0.1) is 5.69 Å². The number of rotatable bonds is 2. The van der Waals surface area contributed by atoms with Crippen LogP contribution in [0.4, 0.5) is 11.5 Å². The molecule has 0 saturated carbocycles. The summed E-state index contributed by atoms with van der Waals surface area (Å²) in [4.78, 5) is 15.8. The van der Waals surface area contributed by atoms with Crippen molar-refractivity contribution in [3.8, 4) is 0 Å². The number of nitrogen functional groups attached to an aromatic ring is 1. The molecule has 0 radical (unpaired) electrons. The Hall–Kier alpha value is -1.40. The largest absolute Gasteiger partial charge is 0.384 e. The van der Waals surface area contributed by atoms with Gasteiger partial charge in [0.1, 0.15) is 5.82 Å². The first-order valence-electron chi connectivity index (χ1n) is 5.04. The van der Waals surface area contributed by atoms with E-state index in [-0.39, 0.29) is 5.91 Å². The van der Waals surface area contributed by atoms with E-state index in [0.29, 0.717) is 17.1 Å². The van der Waals surface area contributed by atoms with Gasteiger partial charge in [-0.05, 0) is 46.3 Å². The van der Waals surface area contributed by atoms with E-state index in [9.17, 15) is 4.79 Å². The summed E-state index contributed by atoms with van der Waals surface area (Å²) in [5, 5.41) is 2.80. The van der Waals surface area contributed by atoms with Crippen LogP contribution in [-0.4, -0.2) is 10.9 Å². The fraction of sp³-hybridized carbons (Fsp3) is 0. The molecule has 0 fully saturated rings. The maximum absolute atomic E-state index is 12.0. The van der Waals surface area contributed by atoms with E-state index in [1.807, 2.05) is 18.2 Å². The number of hydrogen-bond acceptors (Lipinski definition) is 3. The van der Waals surface area contributed by atoms with E-state index >= 15 is 0 Å². The molecule has 0 bridgehead atoms. The molecular formula is C12H9Br2N3O. The number of nitrogens with zero attached hydrogens (tertiary/aromatic N) is 1. The maximum Gasteiger partial charge on any atom is 0.255 e. The molecule has 0 atom stereocenters. The van der Waals surface area contributed by atoms with Gasteiger partial charge in [-0.1, -0.05) is 15.9 Å². The number of nitrogens with one attached hydrogen (secondary N) is 1. The van der Waals surface area contributed by atoms with E-state index in [1.165, 1.54) is 12.3 Å². The van der Waals surface area contributed by atoms with Crippen molar-refractivity contribution in [1.82, 2.24) is 4.98 Å². The highest BCUT2D eigenvalue weighted by Gasteiger charge is 2.09. The standard InChI is InChI=1S/C12H9Br2N3O/c13-8-1-2-9(14)10(6-8)17-12(18)7-3-4-16-11(15)5-7/h1-6H,(H2,15,16)(H,17,18). The van der Waals surface area contributed by atoms with Crippen molar-refractivity contribution in [2.75, 3.05) is 11.1 Å². The molecule has 0 saturated heterocycles. The van der Waals surface area contributed by atoms with Gasteiger partial charge in [-0.2, -0.15) is 0 Å². The van der Waals surface area contributed by atoms with Crippen molar-refractivity contribution in [2.24, 2.45) is 0 Å². The van der Waals surface area contributed by atoms with E-state index in [0.717, 1.165) is 8.95 Å². The molecule has 1 aromatic carbocycles. The van der Waals surface area contributed by atoms with Crippen LogP contribution in [0.15, 0.2) is 45.5 Å². The van der Waals surface area contributed by atoms with Gasteiger partial charge in [-0.15, -0.1) is 0 Å². The molecule has 0 aliphatic rings. The summed E-state index contributed by atoms with van der Waals surface area (Å²) >= 11 is 6.73. The second kappa shape index (κ2) is 5.49. The van der Waals surface area contributed by atoms with Gasteiger partial charge in [0, 0.05) is 20.7 Å². The average Bonchev–Trinajstić information content (AvgIpc) is 2.34. The molecule has 2 rings (SSSR count). The zero-order valence-electron chi connectivity index (χ0n) is 9.15. The number of aromatic nitrogens is 1. The van der Waals surface area contributed by atoms with Gasteiger partial charge >= 0.3 is 0 Å². The lowest BCUT2D eigenvalue weighted by Crippen LogP contribution is -2.12. The third-order valence-electron chi connectivity index (χ3n) is 2.22. The Morgan fingerprint density at radius 3 is 2.72 bits per heavy atom. The molecule has 0 spiro atoms. The SMILES string of the molecule is Nc1cc(C(=O)Nc2cc(Br)ccc2Br)ccn1. The van der Waals surface area contributed by atoms with Crippen LogP contribution in [0.1, 0.15) is 10.4 Å². The average molecular weight is 371 g/mol. The molecule has 1 heterocycles. The van der Waals surface area contributed by atoms with Crippen LogP contribution in [0, 0.1) is 0 Å². The van der Waals surface area contributed by atoms with Gasteiger partial charge < -0.3 is 11.1 Å². The predicted octanol–water partition coefficient (Wildman–Crippen LogP) is 3.44. The Bertz CT molecular complexity index is 602. The predicted molar refractivity (Wildman–Crippen MR) is 78.4 cm³/mol. The van der Waals surface area contributed by atoms with Crippen LogP contribution >= 0.6 is 31.9 Å². The van der Waals surface area contributed by atoms with E-state index in [4.69, 9.17) is 5.73 Å². The Morgan fingerprint density at radius 2 is 2.00 bits per heavy atom. The molecular weight excluding hydrogens is 362 g/mol. The first-order valence-corrected chi connectivity index (χ1v) is 6.63. The normalized spacial score (nSPS) is 10.1. The van der Waals surface area contributed by atoms with Crippen LogP contribution in [0.5, 0.6) is 0 Å². The molecule has 18 heavy (non-hydrogen) atoms. The number of halogens is 2. The third kappa shape index (κ3) is 3.08. The fourth-order valence-electron chi connectivity index (χ4n) is 1.38. The molecule has 1 aromatic heterocycles. The number of hydrogen-bond donors (Lipinski definition) is 2. The van der Waals surface area contributed by atoms with Crippen molar-refractivity contribution in [3.63, 3.8) is 0 Å². The van der Waals surface area contributed by atoms with Crippen molar-refractivity contribution >= 4 is 49.3 Å². The number of carbonyl (C=O) groups is 1. The summed E-state index contributed by atoms with van der Waals surface area (Å²) in [5.41, 5.74) is 6.69. The first kappa shape index (κ1) is 13.0. The molecule has 4 nitrogen and oxygen atoms in total. The van der Waals surface area contributed by atoms with E-state index in [2.05, 4.69) is 42.2 Å². The van der Waals surface area contributed by atoms with Gasteiger partial charge in [0.15, 0.2) is 0 Å². The van der Waals surface area contributed by atoms with Crippen LogP contribution in [0.25, 0.3) is 0 Å². The van der Waals surface area contributed by atoms with Crippen LogP contribution in [-0.2, 0) is 0 Å². The minimum atomic E-state index is -0.233. The minimum absolute atomic E-state index is 0.233. The number of nitrogens with two attached hydrogens (primary N) is 1. The zero-order valence-corrected chi connectivity index (χ0v) is 12.3. The summed E-state index contributed by atoms with van der Waals surface area (Å²) in [5.74, 6) is 0.0823. The summed E-state index contributed by atoms with van der Waals surface area (Å²) < 4.78 is 1.69. The molecule has 6 heteroatoms. The van der Waals surface area contributed by atoms with Crippen molar-refractivity contribution < 1.29 is 4.79 Å². The summed E-state index contributed by atoms with van der Waals surface area (Å²) in [6.45, 7) is 0. The highest BCUT2D eigenvalue weighted by atomic mass is 79.9. The monoisotopic (exact) mass is 369 g/mol. The van der Waals surface area contributed by atoms with Gasteiger partial charge in [-0.3, -0.25) is 4.79 Å². The minimum Gasteiger partial charge on any atom is -0.384 e. The smallest absolute Gasteiger partial charge is 0.255 e. The van der Waals surface area contributed by atoms with E-state index in [1.54, 1.807) is 6.07 Å². The fourth-order valence-corrected chi connectivity index (χ4v) is 2.08. The molecule has 0 aliphatic heterocycles. The highest BCUT2D eigenvalue weighted by Crippen LogP contribution is 2.26. The molecule has 0 aliphatic carbocycles. The lowest BCUT2D eigenvalue weighted by atomic mass is 10.2. The number of pyridine rings is 1. The van der Waals surface area contributed by atoms with Crippen molar-refractivity contribution in [2.45, 2.75) is 0 Å². The van der Waals surface area contributed by atoms with Crippen LogP contribution in [0.2, 0.25) is 0 Å². The van der Waals surface area contributed by atoms with Crippen LogP contribution in [0.3, 0.4) is 0 Å². The number of amides is 1. The zero-order chi connectivity index (χ0) is 13.1. The lowest BCUT2D eigenvalue weighted by molar-refractivity contribution is 0.102. The second-order valence-corrected chi connectivity index (χ2v) is 5.32. The van der Waals surface area contributed by atoms with Gasteiger partial charge in [0.25, 0.3) is 5.91 Å². The van der Waals surface area contributed by atoms with Crippen LogP contribution < -0.4 is 11.1 Å². The first-order chi connectivity index (χ1) is 8.56. The molecule has 92 valence electrons. The molecule has 1 amide bonds. The Balaban J connectivity index is 2.24. The van der Waals surface area contributed by atoms with Gasteiger partial charge in [0.2, 0.25) is 0 Å². The lowest BCUT2D eigenvalue weighted by Gasteiger charge is -2.08. The molecule has 3 N–H and O–H groups in total. The van der Waals surface area contributed by atoms with Crippen molar-refractivity contribution in [1.29, 1.82) is 0 Å². The Kier molecular flexibility index (Phi) is 3.98. The van der Waals surface area contributed by atoms with Gasteiger partial charge in [-0.25, -0.2) is 4.98 Å². The summed E-state index contributed by atoms with van der Waals surface area (Å²) in [6, 6.07) is 8.68. The highest BCUT2D eigenvalue weighted by molar-refractivity contribution is 9.11. The van der Waals surface area contributed by atoms with E-state index < -0.39 is 0 Å². The quantitative estimate of drug-likeness (QED) is 0.850. The second-order valence-electron chi connectivity index (χ2n) is 3.55. The number of carbonyl (C=O) groups excluding carboxylic acids is 1. The Morgan fingerprint density at radius 1 is 1.22 bits per heavy atom. The van der Waals surface area contributed by atoms with Crippen molar-refractivity contribution in [3.05, 3.63) is 51.0 Å². The summed E-state index contributed by atoms with van der Waals surface area (Å²) in [7, 11) is 0. The maximum atomic E-state index is 12.0. The third-order valence-corrected chi connectivity index (χ3v) is 3.40. The molecule has 0 unspecified atom stereocenters. The summed E-state index contributed by atoms with van der Waals surface area (Å²) in [6.07, 6.45) is 1.50. The number of anilines is 2. The Labute approximate surface area is 121 Å². The molecule has 2 aromatic rings. The number of benzene rings is 1. The topological polar surface area (TPSA) is 68.0 Å².